The topological polar surface area (TPSA) is 35.2 Å². The van der Waals surface area contributed by atoms with Gasteiger partial charge in [0.15, 0.2) is 17.5 Å². The fourth-order valence-electron chi connectivity index (χ4n) is 3.27. The molecule has 0 radical (unpaired) electrons. The first kappa shape index (κ1) is 23.2. The molecule has 1 unspecified atom stereocenters. The minimum Gasteiger partial charge on any atom is -0.455 e. The van der Waals surface area contributed by atoms with Crippen molar-refractivity contribution in [2.45, 2.75) is 77.0 Å². The van der Waals surface area contributed by atoms with Crippen molar-refractivity contribution in [3.63, 3.8) is 0 Å². The lowest BCUT2D eigenvalue weighted by Crippen LogP contribution is -2.16. The number of rotatable bonds is 12. The Hall–Kier alpha value is -1.13. The van der Waals surface area contributed by atoms with Gasteiger partial charge in [-0.1, -0.05) is 47.8 Å². The Kier molecular flexibility index (Phi) is 9.73. The van der Waals surface area contributed by atoms with Crippen molar-refractivity contribution >= 4 is 14.5 Å². The van der Waals surface area contributed by atoms with E-state index in [1.165, 1.54) is 19.3 Å². The van der Waals surface area contributed by atoms with E-state index in [1.54, 1.807) is 9.24 Å². The summed E-state index contributed by atoms with van der Waals surface area (Å²) in [6.07, 6.45) is 11.9. The van der Waals surface area contributed by atoms with Crippen LogP contribution in [0.4, 0.5) is 17.6 Å². The zero-order valence-electron chi connectivity index (χ0n) is 16.3. The van der Waals surface area contributed by atoms with Crippen molar-refractivity contribution in [2.75, 3.05) is 6.54 Å². The maximum Gasteiger partial charge on any atom is 0.207 e. The summed E-state index contributed by atoms with van der Waals surface area (Å²) < 4.78 is 60.9. The highest BCUT2D eigenvalue weighted by atomic mass is 31.0. The van der Waals surface area contributed by atoms with Crippen molar-refractivity contribution in [3.8, 4) is 5.75 Å². The monoisotopic (exact) mass is 419 g/mol. The van der Waals surface area contributed by atoms with Gasteiger partial charge in [-0.15, -0.1) is 0 Å². The summed E-state index contributed by atoms with van der Waals surface area (Å²) in [7, 11) is 1.76. The molecule has 1 fully saturated rings. The lowest BCUT2D eigenvalue weighted by molar-refractivity contribution is 0.321. The molecule has 0 aromatic heterocycles. The van der Waals surface area contributed by atoms with Gasteiger partial charge in [-0.25, -0.2) is 13.2 Å². The van der Waals surface area contributed by atoms with E-state index < -0.39 is 34.3 Å². The van der Waals surface area contributed by atoms with Crippen LogP contribution in [-0.2, 0) is 0 Å². The quantitative estimate of drug-likeness (QED) is 0.112. The molecular weight excluding hydrogens is 389 g/mol. The molecule has 1 aliphatic carbocycles. The van der Waals surface area contributed by atoms with Gasteiger partial charge in [0.2, 0.25) is 11.6 Å². The molecule has 2 rings (SSSR count). The smallest absolute Gasteiger partial charge is 0.207 e. The maximum absolute atomic E-state index is 14.2. The van der Waals surface area contributed by atoms with Crippen LogP contribution in [0.5, 0.6) is 5.75 Å². The second-order valence-corrected chi connectivity index (χ2v) is 7.93. The SMILES string of the molecule is NCCCCCCCCCCC(Oc1c(F)c(F)c(F)c(P)c1F)=C1CCC1. The van der Waals surface area contributed by atoms with Crippen molar-refractivity contribution in [2.24, 2.45) is 5.73 Å². The van der Waals surface area contributed by atoms with E-state index in [1.807, 2.05) is 0 Å². The Bertz CT molecular complexity index is 658. The number of unbranched alkanes of at least 4 members (excludes halogenated alkanes) is 7. The van der Waals surface area contributed by atoms with Gasteiger partial charge in [0, 0.05) is 11.7 Å². The average molecular weight is 419 g/mol. The summed E-state index contributed by atoms with van der Waals surface area (Å²) in [6.45, 7) is 0.745. The number of hydrogen-bond donors (Lipinski definition) is 1. The van der Waals surface area contributed by atoms with E-state index in [9.17, 15) is 17.6 Å². The third-order valence-electron chi connectivity index (χ3n) is 5.19. The minimum atomic E-state index is -1.71. The van der Waals surface area contributed by atoms with Crippen LogP contribution in [0, 0.1) is 23.3 Å². The number of hydrogen-bond acceptors (Lipinski definition) is 2. The Morgan fingerprint density at radius 3 is 1.89 bits per heavy atom. The van der Waals surface area contributed by atoms with E-state index in [0.29, 0.717) is 12.2 Å². The molecule has 0 aliphatic heterocycles. The van der Waals surface area contributed by atoms with Crippen molar-refractivity contribution < 1.29 is 22.3 Å². The van der Waals surface area contributed by atoms with Gasteiger partial charge in [-0.2, -0.15) is 4.39 Å². The van der Waals surface area contributed by atoms with Crippen LogP contribution in [0.1, 0.15) is 77.0 Å². The average Bonchev–Trinajstić information content (AvgIpc) is 2.65. The van der Waals surface area contributed by atoms with Crippen molar-refractivity contribution in [1.29, 1.82) is 0 Å². The standard InChI is InChI=1S/C21H30F4NOP/c22-16-17(23)20(19(25)21(28)18(16)24)27-15(14-10-9-11-14)12-7-5-3-1-2-4-6-8-13-26/h1-13,26,28H2. The van der Waals surface area contributed by atoms with Crippen LogP contribution < -0.4 is 15.8 Å². The first-order valence-electron chi connectivity index (χ1n) is 10.2. The van der Waals surface area contributed by atoms with E-state index in [-0.39, 0.29) is 0 Å². The highest BCUT2D eigenvalue weighted by molar-refractivity contribution is 7.27. The summed E-state index contributed by atoms with van der Waals surface area (Å²) in [6, 6.07) is 0. The van der Waals surface area contributed by atoms with Gasteiger partial charge >= 0.3 is 0 Å². The van der Waals surface area contributed by atoms with Gasteiger partial charge in [0.1, 0.15) is 5.76 Å². The second-order valence-electron chi connectivity index (χ2n) is 7.35. The lowest BCUT2D eigenvalue weighted by Gasteiger charge is -2.23. The Morgan fingerprint density at radius 1 is 0.786 bits per heavy atom. The number of ether oxygens (including phenoxy) is 1. The summed E-state index contributed by atoms with van der Waals surface area (Å²) in [5.41, 5.74) is 6.48. The molecule has 0 amide bonds. The molecule has 0 spiro atoms. The fraction of sp³-hybridized carbons (Fsp3) is 0.619. The predicted octanol–water partition coefficient (Wildman–Crippen LogP) is 6.03. The molecule has 1 aromatic rings. The highest BCUT2D eigenvalue weighted by Gasteiger charge is 2.27. The molecule has 1 saturated carbocycles. The summed E-state index contributed by atoms with van der Waals surface area (Å²) in [5.74, 6) is -6.43. The van der Waals surface area contributed by atoms with Crippen molar-refractivity contribution in [3.05, 3.63) is 34.6 Å². The molecular formula is C21H30F4NOP. The van der Waals surface area contributed by atoms with Crippen LogP contribution in [0.2, 0.25) is 0 Å². The predicted molar refractivity (Wildman–Crippen MR) is 108 cm³/mol. The Labute approximate surface area is 167 Å². The molecule has 1 aromatic carbocycles. The third-order valence-corrected chi connectivity index (χ3v) is 5.70. The zero-order valence-corrected chi connectivity index (χ0v) is 17.4. The van der Waals surface area contributed by atoms with Gasteiger partial charge in [0.05, 0.1) is 0 Å². The van der Waals surface area contributed by atoms with E-state index in [4.69, 9.17) is 10.5 Å². The normalized spacial score (nSPS) is 13.6. The van der Waals surface area contributed by atoms with Gasteiger partial charge < -0.3 is 10.5 Å². The third kappa shape index (κ3) is 6.18. The molecule has 1 atom stereocenters. The number of allylic oxidation sites excluding steroid dienone is 2. The molecule has 7 heteroatoms. The highest BCUT2D eigenvalue weighted by Crippen LogP contribution is 2.35. The number of benzene rings is 1. The van der Waals surface area contributed by atoms with E-state index >= 15 is 0 Å². The van der Waals surface area contributed by atoms with Crippen molar-refractivity contribution in [1.82, 2.24) is 0 Å². The molecule has 28 heavy (non-hydrogen) atoms. The van der Waals surface area contributed by atoms with Crippen LogP contribution in [0.15, 0.2) is 11.3 Å². The molecule has 0 saturated heterocycles. The molecule has 158 valence electrons. The van der Waals surface area contributed by atoms with Gasteiger partial charge in [0.25, 0.3) is 0 Å². The molecule has 0 heterocycles. The molecule has 2 nitrogen and oxygen atoms in total. The number of nitrogens with two attached hydrogens (primary N) is 1. The molecule has 1 aliphatic rings. The summed E-state index contributed by atoms with van der Waals surface area (Å²) in [4.78, 5) is 0. The number of halogens is 4. The zero-order chi connectivity index (χ0) is 20.5. The largest absolute Gasteiger partial charge is 0.455 e. The van der Waals surface area contributed by atoms with Crippen LogP contribution in [0.3, 0.4) is 0 Å². The van der Waals surface area contributed by atoms with Gasteiger partial charge in [-0.05, 0) is 44.2 Å². The minimum absolute atomic E-state index is 0.502. The first-order valence-corrected chi connectivity index (χ1v) is 10.7. The fourth-order valence-corrected chi connectivity index (χ4v) is 3.52. The van der Waals surface area contributed by atoms with Crippen LogP contribution >= 0.6 is 9.24 Å². The molecule has 2 N–H and O–H groups in total. The van der Waals surface area contributed by atoms with Crippen LogP contribution in [-0.4, -0.2) is 6.54 Å². The summed E-state index contributed by atoms with van der Waals surface area (Å²) in [5, 5.41) is -0.651. The summed E-state index contributed by atoms with van der Waals surface area (Å²) >= 11 is 0. The van der Waals surface area contributed by atoms with E-state index in [2.05, 4.69) is 0 Å². The Morgan fingerprint density at radius 2 is 1.36 bits per heavy atom. The lowest BCUT2D eigenvalue weighted by atomic mass is 9.90. The Balaban J connectivity index is 1.89. The molecule has 0 bridgehead atoms. The van der Waals surface area contributed by atoms with Crippen LogP contribution in [0.25, 0.3) is 0 Å². The van der Waals surface area contributed by atoms with E-state index in [0.717, 1.165) is 63.5 Å². The maximum atomic E-state index is 14.2. The second kappa shape index (κ2) is 11.8. The van der Waals surface area contributed by atoms with Gasteiger partial charge in [-0.3, -0.25) is 0 Å². The first-order chi connectivity index (χ1) is 13.5.